The first kappa shape index (κ1) is 15.7. The summed E-state index contributed by atoms with van der Waals surface area (Å²) in [6, 6.07) is 1.93. The predicted octanol–water partition coefficient (Wildman–Crippen LogP) is 2.43. The van der Waals surface area contributed by atoms with Crippen LogP contribution in [-0.4, -0.2) is 34.3 Å². The lowest BCUT2D eigenvalue weighted by atomic mass is 10.3. The molecule has 0 aliphatic heterocycles. The summed E-state index contributed by atoms with van der Waals surface area (Å²) >= 11 is 0. The Morgan fingerprint density at radius 2 is 1.74 bits per heavy atom. The summed E-state index contributed by atoms with van der Waals surface area (Å²) in [4.78, 5) is 8.98. The molecule has 5 heteroatoms. The van der Waals surface area contributed by atoms with E-state index in [1.807, 2.05) is 6.07 Å². The number of aliphatic hydroxyl groups is 1. The van der Waals surface area contributed by atoms with Crippen molar-refractivity contribution in [2.45, 2.75) is 52.6 Å². The minimum Gasteiger partial charge on any atom is -0.393 e. The van der Waals surface area contributed by atoms with Crippen LogP contribution in [0.25, 0.3) is 0 Å². The first-order chi connectivity index (χ1) is 9.15. The molecule has 0 saturated heterocycles. The number of nitrogens with zero attached hydrogens (tertiary/aromatic N) is 2. The van der Waals surface area contributed by atoms with E-state index in [2.05, 4.69) is 34.4 Å². The van der Waals surface area contributed by atoms with Gasteiger partial charge in [-0.1, -0.05) is 13.8 Å². The molecule has 0 aliphatic rings. The van der Waals surface area contributed by atoms with E-state index in [9.17, 15) is 5.11 Å². The van der Waals surface area contributed by atoms with E-state index in [1.165, 1.54) is 0 Å². The molecule has 1 atom stereocenters. The van der Waals surface area contributed by atoms with Crippen molar-refractivity contribution in [1.29, 1.82) is 0 Å². The second-order valence-corrected chi connectivity index (χ2v) is 4.80. The predicted molar refractivity (Wildman–Crippen MR) is 79.6 cm³/mol. The third-order valence-electron chi connectivity index (χ3n) is 2.67. The molecule has 3 N–H and O–H groups in total. The van der Waals surface area contributed by atoms with Crippen LogP contribution in [0, 0.1) is 0 Å². The van der Waals surface area contributed by atoms with E-state index >= 15 is 0 Å². The SMILES string of the molecule is CCCNc1cc(NCCC(C)O)nc(CCC)n1. The Balaban J connectivity index is 2.68. The molecule has 1 aromatic heterocycles. The van der Waals surface area contributed by atoms with Gasteiger partial charge in [-0.3, -0.25) is 0 Å². The molecule has 0 fully saturated rings. The molecule has 5 nitrogen and oxygen atoms in total. The first-order valence-corrected chi connectivity index (χ1v) is 7.19. The Morgan fingerprint density at radius 1 is 1.11 bits per heavy atom. The standard InChI is InChI=1S/C14H26N4O/c1-4-6-12-17-13(15-8-5-2)10-14(18-12)16-9-7-11(3)19/h10-11,19H,4-9H2,1-3H3,(H2,15,16,17,18). The molecule has 1 aromatic rings. The summed E-state index contributed by atoms with van der Waals surface area (Å²) in [5, 5.41) is 15.8. The molecule has 108 valence electrons. The van der Waals surface area contributed by atoms with E-state index in [0.29, 0.717) is 13.0 Å². The summed E-state index contributed by atoms with van der Waals surface area (Å²) < 4.78 is 0. The van der Waals surface area contributed by atoms with Crippen molar-refractivity contribution in [1.82, 2.24) is 9.97 Å². The van der Waals surface area contributed by atoms with Crippen molar-refractivity contribution >= 4 is 11.6 Å². The van der Waals surface area contributed by atoms with E-state index in [1.54, 1.807) is 6.92 Å². The highest BCUT2D eigenvalue weighted by Crippen LogP contribution is 2.12. The highest BCUT2D eigenvalue weighted by atomic mass is 16.3. The maximum Gasteiger partial charge on any atom is 0.133 e. The quantitative estimate of drug-likeness (QED) is 0.640. The molecule has 0 amide bonds. The number of anilines is 2. The van der Waals surface area contributed by atoms with Gasteiger partial charge in [-0.05, 0) is 26.2 Å². The summed E-state index contributed by atoms with van der Waals surface area (Å²) in [7, 11) is 0. The Bertz CT molecular complexity index is 368. The van der Waals surface area contributed by atoms with Crippen molar-refractivity contribution in [2.24, 2.45) is 0 Å². The minimum absolute atomic E-state index is 0.290. The average Bonchev–Trinajstić information content (AvgIpc) is 2.36. The molecule has 19 heavy (non-hydrogen) atoms. The molecular formula is C14H26N4O. The van der Waals surface area contributed by atoms with Crippen LogP contribution in [0.2, 0.25) is 0 Å². The minimum atomic E-state index is -0.290. The summed E-state index contributed by atoms with van der Waals surface area (Å²) in [6.07, 6.45) is 3.40. The number of aromatic nitrogens is 2. The monoisotopic (exact) mass is 266 g/mol. The fraction of sp³-hybridized carbons (Fsp3) is 0.714. The van der Waals surface area contributed by atoms with Crippen LogP contribution in [0.4, 0.5) is 11.6 Å². The lowest BCUT2D eigenvalue weighted by Crippen LogP contribution is -2.12. The largest absolute Gasteiger partial charge is 0.393 e. The van der Waals surface area contributed by atoms with Crippen LogP contribution in [0.3, 0.4) is 0 Å². The van der Waals surface area contributed by atoms with Gasteiger partial charge in [-0.25, -0.2) is 9.97 Å². The normalized spacial score (nSPS) is 12.2. The van der Waals surface area contributed by atoms with Crippen LogP contribution in [-0.2, 0) is 6.42 Å². The molecule has 1 heterocycles. The van der Waals surface area contributed by atoms with Gasteiger partial charge in [0.25, 0.3) is 0 Å². The fourth-order valence-electron chi connectivity index (χ4n) is 1.68. The number of nitrogens with one attached hydrogen (secondary N) is 2. The summed E-state index contributed by atoms with van der Waals surface area (Å²) in [5.74, 6) is 2.57. The number of rotatable bonds is 9. The number of hydrogen-bond acceptors (Lipinski definition) is 5. The molecule has 1 unspecified atom stereocenters. The van der Waals surface area contributed by atoms with Crippen LogP contribution in [0.5, 0.6) is 0 Å². The van der Waals surface area contributed by atoms with Crippen molar-refractivity contribution < 1.29 is 5.11 Å². The second-order valence-electron chi connectivity index (χ2n) is 4.80. The zero-order valence-corrected chi connectivity index (χ0v) is 12.2. The molecule has 0 radical (unpaired) electrons. The van der Waals surface area contributed by atoms with Crippen LogP contribution >= 0.6 is 0 Å². The highest BCUT2D eigenvalue weighted by Gasteiger charge is 2.04. The molecule has 1 rings (SSSR count). The van der Waals surface area contributed by atoms with Crippen molar-refractivity contribution in [3.05, 3.63) is 11.9 Å². The maximum absolute atomic E-state index is 9.25. The van der Waals surface area contributed by atoms with Crippen LogP contribution in [0.15, 0.2) is 6.07 Å². The Labute approximate surface area is 115 Å². The molecule has 0 spiro atoms. The lowest BCUT2D eigenvalue weighted by Gasteiger charge is -2.11. The Kier molecular flexibility index (Phi) is 7.18. The van der Waals surface area contributed by atoms with Crippen molar-refractivity contribution in [3.8, 4) is 0 Å². The van der Waals surface area contributed by atoms with Gasteiger partial charge in [0, 0.05) is 25.6 Å². The number of aryl methyl sites for hydroxylation is 1. The summed E-state index contributed by atoms with van der Waals surface area (Å²) in [6.45, 7) is 7.67. The second kappa shape index (κ2) is 8.69. The molecular weight excluding hydrogens is 240 g/mol. The molecule has 0 bridgehead atoms. The average molecular weight is 266 g/mol. The van der Waals surface area contributed by atoms with Crippen molar-refractivity contribution in [2.75, 3.05) is 23.7 Å². The Hall–Kier alpha value is -1.36. The number of aliphatic hydroxyl groups excluding tert-OH is 1. The van der Waals surface area contributed by atoms with Gasteiger partial charge >= 0.3 is 0 Å². The fourth-order valence-corrected chi connectivity index (χ4v) is 1.68. The van der Waals surface area contributed by atoms with Gasteiger partial charge < -0.3 is 15.7 Å². The maximum atomic E-state index is 9.25. The molecule has 0 aromatic carbocycles. The Morgan fingerprint density at radius 3 is 2.26 bits per heavy atom. The molecule has 0 aliphatic carbocycles. The molecule has 0 saturated carbocycles. The van der Waals surface area contributed by atoms with E-state index in [4.69, 9.17) is 0 Å². The van der Waals surface area contributed by atoms with E-state index < -0.39 is 0 Å². The van der Waals surface area contributed by atoms with Crippen molar-refractivity contribution in [3.63, 3.8) is 0 Å². The topological polar surface area (TPSA) is 70.1 Å². The smallest absolute Gasteiger partial charge is 0.133 e. The van der Waals surface area contributed by atoms with E-state index in [0.717, 1.165) is 43.3 Å². The van der Waals surface area contributed by atoms with Gasteiger partial charge in [0.1, 0.15) is 17.5 Å². The van der Waals surface area contributed by atoms with Gasteiger partial charge in [0.15, 0.2) is 0 Å². The number of hydrogen-bond donors (Lipinski definition) is 3. The van der Waals surface area contributed by atoms with Crippen LogP contribution in [0.1, 0.15) is 45.9 Å². The zero-order chi connectivity index (χ0) is 14.1. The third-order valence-corrected chi connectivity index (χ3v) is 2.67. The van der Waals surface area contributed by atoms with Gasteiger partial charge in [0.2, 0.25) is 0 Å². The van der Waals surface area contributed by atoms with Gasteiger partial charge in [-0.2, -0.15) is 0 Å². The third kappa shape index (κ3) is 6.38. The lowest BCUT2D eigenvalue weighted by molar-refractivity contribution is 0.188. The first-order valence-electron chi connectivity index (χ1n) is 7.19. The zero-order valence-electron chi connectivity index (χ0n) is 12.2. The highest BCUT2D eigenvalue weighted by molar-refractivity contribution is 5.47. The van der Waals surface area contributed by atoms with E-state index in [-0.39, 0.29) is 6.10 Å². The van der Waals surface area contributed by atoms with Crippen LogP contribution < -0.4 is 10.6 Å². The van der Waals surface area contributed by atoms with Gasteiger partial charge in [0.05, 0.1) is 6.10 Å². The summed E-state index contributed by atoms with van der Waals surface area (Å²) in [5.41, 5.74) is 0. The van der Waals surface area contributed by atoms with Gasteiger partial charge in [-0.15, -0.1) is 0 Å².